The molecule has 1 heterocycles. The van der Waals surface area contributed by atoms with Crippen LogP contribution in [0.5, 0.6) is 0 Å². The van der Waals surface area contributed by atoms with Gasteiger partial charge in [0.2, 0.25) is 0 Å². The van der Waals surface area contributed by atoms with Gasteiger partial charge in [-0.15, -0.1) is 0 Å². The van der Waals surface area contributed by atoms with Crippen molar-refractivity contribution < 1.29 is 30.7 Å². The van der Waals surface area contributed by atoms with Crippen molar-refractivity contribution >= 4 is 10.1 Å². The Morgan fingerprint density at radius 3 is 2.00 bits per heavy atom. The minimum absolute atomic E-state index is 1.75. The van der Waals surface area contributed by atoms with Crippen molar-refractivity contribution in [2.75, 3.05) is 0 Å². The smallest absolute Gasteiger partial charge is 0.485 e. The number of rotatable bonds is 0. The largest absolute Gasteiger partial charge is 0.741 e. The zero-order valence-electron chi connectivity index (χ0n) is 7.47. The third kappa shape index (κ3) is 5.96. The Hall–Kier alpha value is -1.22. The van der Waals surface area contributed by atoms with Crippen molar-refractivity contribution in [1.82, 2.24) is 4.98 Å². The predicted octanol–water partition coefficient (Wildman–Crippen LogP) is -0.0425. The van der Waals surface area contributed by atoms with Crippen molar-refractivity contribution in [2.24, 2.45) is 7.05 Å². The minimum Gasteiger partial charge on any atom is -0.741 e. The second-order valence-electron chi connectivity index (χ2n) is 2.32. The van der Waals surface area contributed by atoms with E-state index < -0.39 is 15.6 Å². The van der Waals surface area contributed by atoms with Crippen LogP contribution in [0.1, 0.15) is 0 Å². The molecule has 0 N–H and O–H groups in total. The van der Waals surface area contributed by atoms with Gasteiger partial charge in [0.25, 0.3) is 6.33 Å². The van der Waals surface area contributed by atoms with Gasteiger partial charge in [0.05, 0.1) is 13.2 Å². The van der Waals surface area contributed by atoms with E-state index >= 15 is 0 Å². The van der Waals surface area contributed by atoms with Crippen LogP contribution in [0.3, 0.4) is 0 Å². The summed E-state index contributed by atoms with van der Waals surface area (Å²) in [7, 11) is -4.15. The number of aryl methyl sites for hydroxylation is 1. The summed E-state index contributed by atoms with van der Waals surface area (Å²) < 4.78 is 60.8. The highest BCUT2D eigenvalue weighted by Gasteiger charge is 2.36. The molecule has 0 aromatic carbocycles. The van der Waals surface area contributed by atoms with Crippen LogP contribution in [0, 0.1) is 0 Å². The molecule has 0 radical (unpaired) electrons. The third-order valence-electron chi connectivity index (χ3n) is 1.03. The minimum atomic E-state index is -6.09. The lowest BCUT2D eigenvalue weighted by Crippen LogP contribution is -2.26. The second-order valence-corrected chi connectivity index (χ2v) is 3.69. The molecule has 0 amide bonds. The van der Waals surface area contributed by atoms with Gasteiger partial charge >= 0.3 is 5.51 Å². The summed E-state index contributed by atoms with van der Waals surface area (Å²) in [6, 6.07) is 1.89. The lowest BCUT2D eigenvalue weighted by Gasteiger charge is -2.08. The van der Waals surface area contributed by atoms with E-state index in [-0.39, 0.29) is 0 Å². The van der Waals surface area contributed by atoms with Crippen molar-refractivity contribution in [3.05, 3.63) is 24.8 Å². The molecular formula is C6H7F3N2O3S. The Morgan fingerprint density at radius 1 is 1.40 bits per heavy atom. The zero-order chi connectivity index (χ0) is 12.1. The first-order valence-corrected chi connectivity index (χ1v) is 4.83. The molecule has 1 aromatic heterocycles. The van der Waals surface area contributed by atoms with Crippen molar-refractivity contribution in [3.63, 3.8) is 0 Å². The van der Waals surface area contributed by atoms with Crippen molar-refractivity contribution in [3.8, 4) is 0 Å². The highest BCUT2D eigenvalue weighted by Crippen LogP contribution is 2.20. The van der Waals surface area contributed by atoms with Gasteiger partial charge in [0, 0.05) is 6.07 Å². The first-order valence-electron chi connectivity index (χ1n) is 3.42. The van der Waals surface area contributed by atoms with E-state index in [9.17, 15) is 13.2 Å². The summed E-state index contributed by atoms with van der Waals surface area (Å²) in [5.41, 5.74) is -5.65. The fourth-order valence-corrected chi connectivity index (χ4v) is 0.406. The summed E-state index contributed by atoms with van der Waals surface area (Å²) in [5.74, 6) is 0. The van der Waals surface area contributed by atoms with E-state index in [1.807, 2.05) is 23.9 Å². The van der Waals surface area contributed by atoms with Crippen molar-refractivity contribution in [1.29, 1.82) is 0 Å². The SMILES string of the molecule is C[n+]1cccnc1.O=S(=O)([O-])C(F)(F)F. The second kappa shape index (κ2) is 5.03. The number of halogens is 3. The maximum Gasteiger partial charge on any atom is 0.485 e. The molecule has 0 atom stereocenters. The quantitative estimate of drug-likeness (QED) is 0.364. The lowest BCUT2D eigenvalue weighted by atomic mass is 10.7. The topological polar surface area (TPSA) is 74.0 Å². The fourth-order valence-electron chi connectivity index (χ4n) is 0.406. The highest BCUT2D eigenvalue weighted by molar-refractivity contribution is 7.86. The van der Waals surface area contributed by atoms with E-state index in [4.69, 9.17) is 13.0 Å². The lowest BCUT2D eigenvalue weighted by molar-refractivity contribution is -0.674. The maximum atomic E-state index is 10.7. The molecule has 0 saturated heterocycles. The monoisotopic (exact) mass is 244 g/mol. The van der Waals surface area contributed by atoms with Crippen LogP contribution < -0.4 is 4.57 Å². The summed E-state index contributed by atoms with van der Waals surface area (Å²) >= 11 is 0. The Balaban J connectivity index is 0.000000262. The molecule has 9 heteroatoms. The number of hydrogen-bond donors (Lipinski definition) is 0. The average Bonchev–Trinajstić information content (AvgIpc) is 2.02. The molecule has 5 nitrogen and oxygen atoms in total. The van der Waals surface area contributed by atoms with E-state index in [2.05, 4.69) is 4.98 Å². The molecule has 1 rings (SSSR count). The fraction of sp³-hybridized carbons (Fsp3) is 0.333. The van der Waals surface area contributed by atoms with E-state index in [0.717, 1.165) is 0 Å². The van der Waals surface area contributed by atoms with Crippen LogP contribution in [0.2, 0.25) is 0 Å². The molecule has 1 aromatic rings. The van der Waals surface area contributed by atoms with Gasteiger partial charge in [-0.1, -0.05) is 4.98 Å². The Labute approximate surface area is 83.9 Å². The summed E-state index contributed by atoms with van der Waals surface area (Å²) in [5, 5.41) is 0. The van der Waals surface area contributed by atoms with Gasteiger partial charge in [-0.25, -0.2) is 13.0 Å². The third-order valence-corrected chi connectivity index (χ3v) is 1.59. The summed E-state index contributed by atoms with van der Waals surface area (Å²) in [6.07, 6.45) is 5.44. The van der Waals surface area contributed by atoms with Gasteiger partial charge in [-0.05, 0) is 0 Å². The van der Waals surface area contributed by atoms with Gasteiger partial charge in [-0.3, -0.25) is 0 Å². The molecule has 0 aliphatic heterocycles. The number of alkyl halides is 3. The first-order chi connectivity index (χ1) is 6.64. The molecule has 0 fully saturated rings. The van der Waals surface area contributed by atoms with Crippen LogP contribution in [0.25, 0.3) is 0 Å². The van der Waals surface area contributed by atoms with Crippen molar-refractivity contribution in [2.45, 2.75) is 5.51 Å². The normalized spacial score (nSPS) is 11.5. The Bertz CT molecular complexity index is 390. The number of hydrogen-bond acceptors (Lipinski definition) is 4. The number of nitrogens with zero attached hydrogens (tertiary/aromatic N) is 2. The Kier molecular flexibility index (Phi) is 4.62. The van der Waals surface area contributed by atoms with Gasteiger partial charge in [0.15, 0.2) is 10.1 Å². The highest BCUT2D eigenvalue weighted by atomic mass is 32.2. The molecular weight excluding hydrogens is 237 g/mol. The van der Waals surface area contributed by atoms with Gasteiger partial charge < -0.3 is 4.55 Å². The Morgan fingerprint density at radius 2 is 1.87 bits per heavy atom. The molecule has 0 spiro atoms. The van der Waals surface area contributed by atoms with E-state index in [1.54, 1.807) is 12.5 Å². The van der Waals surface area contributed by atoms with Crippen LogP contribution >= 0.6 is 0 Å². The first kappa shape index (κ1) is 13.8. The van der Waals surface area contributed by atoms with Gasteiger partial charge in [0.1, 0.15) is 6.20 Å². The summed E-state index contributed by atoms with van der Waals surface area (Å²) in [4.78, 5) is 3.85. The molecule has 15 heavy (non-hydrogen) atoms. The molecule has 0 bridgehead atoms. The zero-order valence-corrected chi connectivity index (χ0v) is 8.29. The van der Waals surface area contributed by atoms with E-state index in [1.165, 1.54) is 0 Å². The average molecular weight is 244 g/mol. The van der Waals surface area contributed by atoms with E-state index in [0.29, 0.717) is 0 Å². The standard InChI is InChI=1S/C5H7N2.CHF3O3S/c1-7-4-2-3-6-5-7;2-1(3,4)8(5,6)7/h2-5H,1H3;(H,5,6,7)/q+1;/p-1. The van der Waals surface area contributed by atoms with Crippen LogP contribution in [-0.4, -0.2) is 23.5 Å². The number of aromatic nitrogens is 2. The maximum absolute atomic E-state index is 10.7. The molecule has 0 aliphatic rings. The molecule has 86 valence electrons. The predicted molar refractivity (Wildman–Crippen MR) is 41.2 cm³/mol. The molecule has 0 aliphatic carbocycles. The molecule has 0 saturated carbocycles. The van der Waals surface area contributed by atoms with Gasteiger partial charge in [-0.2, -0.15) is 13.2 Å². The summed E-state index contributed by atoms with van der Waals surface area (Å²) in [6.45, 7) is 0. The van der Waals surface area contributed by atoms with Crippen LogP contribution in [-0.2, 0) is 17.2 Å². The van der Waals surface area contributed by atoms with Crippen LogP contribution in [0.15, 0.2) is 24.8 Å². The van der Waals surface area contributed by atoms with Crippen LogP contribution in [0.4, 0.5) is 13.2 Å². The molecule has 0 unspecified atom stereocenters.